The van der Waals surface area contributed by atoms with Crippen molar-refractivity contribution in [2.45, 2.75) is 38.7 Å². The van der Waals surface area contributed by atoms with Gasteiger partial charge < -0.3 is 28.6 Å². The van der Waals surface area contributed by atoms with Crippen LogP contribution < -0.4 is 14.2 Å². The third-order valence-corrected chi connectivity index (χ3v) is 10.8. The van der Waals surface area contributed by atoms with Gasteiger partial charge in [0.2, 0.25) is 12.0 Å². The number of halogens is 5. The first-order valence-corrected chi connectivity index (χ1v) is 18.7. The molecule has 2 atom stereocenters. The molecular formula is C39H37ClF4N6O6S. The van der Waals surface area contributed by atoms with E-state index in [0.717, 1.165) is 62.2 Å². The van der Waals surface area contributed by atoms with Crippen LogP contribution in [0.5, 0.6) is 17.4 Å². The molecule has 0 radical (unpaired) electrons. The van der Waals surface area contributed by atoms with Crippen LogP contribution in [0.25, 0.3) is 32.0 Å². The fraction of sp³-hybridized carbons (Fsp3) is 0.333. The second kappa shape index (κ2) is 17.1. The molecule has 5 heterocycles. The Hall–Kier alpha value is -5.23. The molecule has 1 aliphatic heterocycles. The number of alkyl halides is 3. The van der Waals surface area contributed by atoms with E-state index in [9.17, 15) is 27.5 Å². The Labute approximate surface area is 337 Å². The molecule has 1 N–H and O–H groups in total. The number of benzene rings is 2. The van der Waals surface area contributed by atoms with Crippen LogP contribution in [0.2, 0.25) is 5.02 Å². The van der Waals surface area contributed by atoms with Crippen molar-refractivity contribution in [2.24, 2.45) is 0 Å². The Morgan fingerprint density at radius 2 is 1.86 bits per heavy atom. The molecule has 0 bridgehead atoms. The van der Waals surface area contributed by atoms with E-state index < -0.39 is 49.5 Å². The first-order valence-electron chi connectivity index (χ1n) is 19.1. The molecule has 1 aliphatic rings. The third-order valence-electron chi connectivity index (χ3n) is 9.17. The Bertz CT molecular complexity index is 2500. The van der Waals surface area contributed by atoms with Crippen LogP contribution in [-0.2, 0) is 24.3 Å². The van der Waals surface area contributed by atoms with Crippen LogP contribution in [0.4, 0.5) is 17.6 Å². The highest BCUT2D eigenvalue weighted by Crippen LogP contribution is 2.49. The fourth-order valence-corrected chi connectivity index (χ4v) is 7.56. The minimum absolute atomic E-state index is 0.129. The number of aromatic nitrogens is 4. The van der Waals surface area contributed by atoms with Crippen molar-refractivity contribution in [3.05, 3.63) is 95.0 Å². The predicted octanol–water partition coefficient (Wildman–Crippen LogP) is 7.76. The smallest absolute Gasteiger partial charge is 0.408 e. The highest BCUT2D eigenvalue weighted by Gasteiger charge is 2.31. The molecule has 0 aliphatic carbocycles. The zero-order valence-electron chi connectivity index (χ0n) is 33.4. The number of carboxylic acid groups (broad SMARTS) is 1. The normalized spacial score (nSPS) is 16.2. The second-order valence-corrected chi connectivity index (χ2v) is 14.5. The number of para-hydroxylation sites is 1. The van der Waals surface area contributed by atoms with Gasteiger partial charge in [0.05, 0.1) is 23.7 Å². The van der Waals surface area contributed by atoms with Gasteiger partial charge in [0.15, 0.2) is 0 Å². The number of likely N-dealkylation sites (N-methyl/N-ethyl adjacent to an activating group) is 1. The van der Waals surface area contributed by atoms with Crippen molar-refractivity contribution in [2.75, 3.05) is 46.4 Å². The van der Waals surface area contributed by atoms with Gasteiger partial charge >= 0.3 is 12.1 Å². The van der Waals surface area contributed by atoms with Gasteiger partial charge in [-0.2, -0.15) is 22.7 Å². The van der Waals surface area contributed by atoms with Gasteiger partial charge in [0.1, 0.15) is 48.1 Å². The van der Waals surface area contributed by atoms with Crippen LogP contribution >= 0.6 is 22.9 Å². The zero-order chi connectivity index (χ0) is 42.9. The number of piperazine rings is 1. The predicted molar refractivity (Wildman–Crippen MR) is 205 cm³/mol. The summed E-state index contributed by atoms with van der Waals surface area (Å²) in [6, 6.07) is 11.6. The van der Waals surface area contributed by atoms with Crippen molar-refractivity contribution in [1.29, 1.82) is 0 Å². The number of hydrogen-bond donors (Lipinski definition) is 1. The number of furan rings is 1. The first kappa shape index (κ1) is 36.1. The summed E-state index contributed by atoms with van der Waals surface area (Å²) in [4.78, 5) is 26.9. The number of hydrogen-bond acceptors (Lipinski definition) is 11. The molecule has 7 rings (SSSR count). The van der Waals surface area contributed by atoms with Crippen molar-refractivity contribution in [3.63, 3.8) is 0 Å². The topological polar surface area (TPSA) is 128 Å². The SMILES string of the molecule is [2H]C(c1ccccc1OC([2H])([2H])c1ccnn1CC(F)(F)F)C(Oc1ncnc2sc(-c3ccc(F)o3)c(-c3ccc(OCCN4CCN(C)CC4)c(Cl)c3C)c12)C(=O)O. The van der Waals surface area contributed by atoms with Crippen molar-refractivity contribution >= 4 is 39.1 Å². The average molecular weight is 832 g/mol. The van der Waals surface area contributed by atoms with E-state index in [1.807, 2.05) is 0 Å². The highest BCUT2D eigenvalue weighted by molar-refractivity contribution is 7.22. The molecule has 18 heteroatoms. The molecule has 57 heavy (non-hydrogen) atoms. The maximum absolute atomic E-state index is 14.3. The summed E-state index contributed by atoms with van der Waals surface area (Å²) >= 11 is 8.02. The number of carbonyl (C=O) groups is 1. The van der Waals surface area contributed by atoms with Crippen molar-refractivity contribution in [1.82, 2.24) is 29.5 Å². The average Bonchev–Trinajstić information content (AvgIpc) is 3.94. The highest BCUT2D eigenvalue weighted by atomic mass is 35.5. The lowest BCUT2D eigenvalue weighted by molar-refractivity contribution is -0.145. The summed E-state index contributed by atoms with van der Waals surface area (Å²) in [5.74, 6) is -1.64. The lowest BCUT2D eigenvalue weighted by Crippen LogP contribution is -2.45. The molecule has 4 aromatic heterocycles. The molecule has 0 amide bonds. The fourth-order valence-electron chi connectivity index (χ4n) is 6.23. The number of rotatable bonds is 15. The number of thiophene rings is 1. The number of nitrogens with zero attached hydrogens (tertiary/aromatic N) is 6. The van der Waals surface area contributed by atoms with Crippen LogP contribution in [-0.4, -0.2) is 99.3 Å². The second-order valence-electron chi connectivity index (χ2n) is 13.1. The van der Waals surface area contributed by atoms with Gasteiger partial charge in [-0.3, -0.25) is 9.58 Å². The van der Waals surface area contributed by atoms with Crippen LogP contribution in [0.3, 0.4) is 0 Å². The summed E-state index contributed by atoms with van der Waals surface area (Å²) in [7, 11) is 2.08. The molecule has 6 aromatic rings. The monoisotopic (exact) mass is 831 g/mol. The van der Waals surface area contributed by atoms with Gasteiger partial charge in [0, 0.05) is 58.3 Å². The van der Waals surface area contributed by atoms with E-state index in [1.54, 1.807) is 19.1 Å². The number of fused-ring (bicyclic) bond motifs is 1. The summed E-state index contributed by atoms with van der Waals surface area (Å²) in [6.07, 6.45) is -6.44. The Morgan fingerprint density at radius 1 is 1.07 bits per heavy atom. The van der Waals surface area contributed by atoms with Gasteiger partial charge in [-0.15, -0.1) is 11.3 Å². The summed E-state index contributed by atoms with van der Waals surface area (Å²) in [5, 5.41) is 14.6. The summed E-state index contributed by atoms with van der Waals surface area (Å²) in [6.45, 7) is 2.10. The van der Waals surface area contributed by atoms with Gasteiger partial charge in [-0.1, -0.05) is 35.9 Å². The molecule has 2 aromatic carbocycles. The zero-order valence-corrected chi connectivity index (χ0v) is 32.0. The Morgan fingerprint density at radius 3 is 2.60 bits per heavy atom. The van der Waals surface area contributed by atoms with Crippen molar-refractivity contribution < 1.29 is 50.2 Å². The quantitative estimate of drug-likeness (QED) is 0.102. The van der Waals surface area contributed by atoms with Gasteiger partial charge in [0.25, 0.3) is 6.01 Å². The van der Waals surface area contributed by atoms with E-state index in [0.29, 0.717) is 55.0 Å². The maximum atomic E-state index is 14.3. The molecule has 0 saturated carbocycles. The maximum Gasteiger partial charge on any atom is 0.408 e. The summed E-state index contributed by atoms with van der Waals surface area (Å²) < 4.78 is 104. The number of aliphatic carboxylic acids is 1. The minimum atomic E-state index is -4.72. The first-order chi connectivity index (χ1) is 28.5. The van der Waals surface area contributed by atoms with Crippen LogP contribution in [0.15, 0.2) is 71.5 Å². The lowest BCUT2D eigenvalue weighted by atomic mass is 9.97. The standard InChI is InChI=1S/C39H37ClF4N6O6S/c1-23-26(7-8-28(34(23)40)53-18-17-49-15-13-48(2)14-16-49)32-33-36(45-22-46-37(33)57-35(32)29-9-10-31(41)55-29)56-30(38(51)52)19-24-5-3-4-6-27(24)54-20-25-11-12-47-50(25)21-39(42,43)44/h3-12,22,30H,13-21H2,1-2H3,(H,51,52)/i19D,20D2. The molecule has 300 valence electrons. The third kappa shape index (κ3) is 9.33. The van der Waals surface area contributed by atoms with E-state index in [-0.39, 0.29) is 28.3 Å². The van der Waals surface area contributed by atoms with Crippen molar-refractivity contribution in [3.8, 4) is 39.1 Å². The van der Waals surface area contributed by atoms with E-state index >= 15 is 0 Å². The van der Waals surface area contributed by atoms with Crippen LogP contribution in [0, 0.1) is 12.9 Å². The summed E-state index contributed by atoms with van der Waals surface area (Å²) in [5.41, 5.74) is 0.722. The van der Waals surface area contributed by atoms with Gasteiger partial charge in [-0.25, -0.2) is 14.8 Å². The van der Waals surface area contributed by atoms with Crippen LogP contribution in [0.1, 0.15) is 20.9 Å². The van der Waals surface area contributed by atoms with E-state index in [1.165, 1.54) is 30.3 Å². The molecular weight excluding hydrogens is 792 g/mol. The molecule has 1 saturated heterocycles. The van der Waals surface area contributed by atoms with E-state index in [4.69, 9.17) is 34.3 Å². The Kier molecular flexibility index (Phi) is 10.8. The Balaban J connectivity index is 1.23. The largest absolute Gasteiger partial charge is 0.491 e. The molecule has 12 nitrogen and oxygen atoms in total. The number of ether oxygens (including phenoxy) is 3. The molecule has 2 unspecified atom stereocenters. The lowest BCUT2D eigenvalue weighted by Gasteiger charge is -2.32. The molecule has 1 fully saturated rings. The number of carboxylic acids is 1. The minimum Gasteiger partial charge on any atom is -0.491 e. The van der Waals surface area contributed by atoms with Gasteiger partial charge in [-0.05, 0) is 54.9 Å². The molecule has 0 spiro atoms. The van der Waals surface area contributed by atoms with E-state index in [2.05, 4.69) is 31.9 Å².